The van der Waals surface area contributed by atoms with E-state index in [1.807, 2.05) is 5.32 Å². The number of rotatable bonds is 4. The van der Waals surface area contributed by atoms with Crippen LogP contribution in [0.15, 0.2) is 36.4 Å². The fourth-order valence-electron chi connectivity index (χ4n) is 1.30. The minimum Gasteiger partial charge on any atom is -0.478 e. The summed E-state index contributed by atoms with van der Waals surface area (Å²) in [6, 6.07) is 4.43. The molecule has 0 saturated heterocycles. The van der Waals surface area contributed by atoms with Gasteiger partial charge in [0.25, 0.3) is 0 Å². The van der Waals surface area contributed by atoms with Crippen LogP contribution in [0, 0.1) is 0 Å². The molecule has 7 heteroatoms. The number of aliphatic carboxylic acids is 1. The number of nitrogens with one attached hydrogen (secondary N) is 1. The van der Waals surface area contributed by atoms with Gasteiger partial charge in [-0.3, -0.25) is 4.79 Å². The monoisotopic (exact) mass is 273 g/mol. The highest BCUT2D eigenvalue weighted by Crippen LogP contribution is 2.34. The Kier molecular flexibility index (Phi) is 4.31. The molecule has 0 spiro atoms. The van der Waals surface area contributed by atoms with Crippen LogP contribution in [0.4, 0.5) is 18.9 Å². The van der Waals surface area contributed by atoms with Crippen molar-refractivity contribution in [3.05, 3.63) is 42.0 Å². The lowest BCUT2D eigenvalue weighted by Crippen LogP contribution is -2.18. The summed E-state index contributed by atoms with van der Waals surface area (Å²) in [5, 5.41) is 10.5. The van der Waals surface area contributed by atoms with Crippen LogP contribution >= 0.6 is 0 Å². The van der Waals surface area contributed by atoms with Crippen molar-refractivity contribution >= 4 is 17.6 Å². The Labute approximate surface area is 106 Å². The molecule has 0 unspecified atom stereocenters. The minimum atomic E-state index is -4.60. The lowest BCUT2D eigenvalue weighted by atomic mass is 10.1. The van der Waals surface area contributed by atoms with E-state index >= 15 is 0 Å². The van der Waals surface area contributed by atoms with Crippen molar-refractivity contribution in [2.24, 2.45) is 0 Å². The van der Waals surface area contributed by atoms with E-state index in [0.717, 1.165) is 12.1 Å². The summed E-state index contributed by atoms with van der Waals surface area (Å²) in [5.41, 5.74) is -1.82. The molecule has 0 saturated carbocycles. The normalized spacial score (nSPS) is 10.9. The van der Waals surface area contributed by atoms with Crippen LogP contribution in [-0.2, 0) is 15.8 Å². The van der Waals surface area contributed by atoms with Crippen LogP contribution in [0.2, 0.25) is 0 Å². The molecule has 1 aromatic rings. The molecule has 19 heavy (non-hydrogen) atoms. The molecule has 0 radical (unpaired) electrons. The Morgan fingerprint density at radius 1 is 1.26 bits per heavy atom. The van der Waals surface area contributed by atoms with Gasteiger partial charge >= 0.3 is 12.1 Å². The quantitative estimate of drug-likeness (QED) is 0.829. The summed E-state index contributed by atoms with van der Waals surface area (Å²) in [7, 11) is 0. The third-order valence-corrected chi connectivity index (χ3v) is 2.18. The number of carboxylic acid groups (broad SMARTS) is 1. The van der Waals surface area contributed by atoms with Crippen LogP contribution in [0.1, 0.15) is 12.0 Å². The van der Waals surface area contributed by atoms with Crippen molar-refractivity contribution in [3.8, 4) is 0 Å². The zero-order chi connectivity index (χ0) is 14.6. The first-order chi connectivity index (χ1) is 8.71. The maximum absolute atomic E-state index is 12.6. The van der Waals surface area contributed by atoms with Gasteiger partial charge in [0.2, 0.25) is 5.91 Å². The first-order valence-corrected chi connectivity index (χ1v) is 5.09. The standard InChI is InChI=1S/C12H10F3NO3/c1-7(11(18)19)6-10(17)16-9-5-3-2-4-8(9)12(13,14)15/h2-5H,1,6H2,(H,16,17)(H,18,19). The second-order valence-corrected chi connectivity index (χ2v) is 3.68. The Bertz CT molecular complexity index is 523. The predicted octanol–water partition coefficient (Wildman–Crippen LogP) is 2.67. The topological polar surface area (TPSA) is 66.4 Å². The number of anilines is 1. The molecule has 0 aliphatic heterocycles. The van der Waals surface area contributed by atoms with Crippen molar-refractivity contribution in [1.29, 1.82) is 0 Å². The highest BCUT2D eigenvalue weighted by molar-refractivity contribution is 5.99. The second kappa shape index (κ2) is 5.55. The molecule has 102 valence electrons. The third-order valence-electron chi connectivity index (χ3n) is 2.18. The number of alkyl halides is 3. The minimum absolute atomic E-state index is 0.401. The number of hydrogen-bond donors (Lipinski definition) is 2. The first kappa shape index (κ1) is 14.7. The Morgan fingerprint density at radius 3 is 2.37 bits per heavy atom. The Morgan fingerprint density at radius 2 is 1.84 bits per heavy atom. The van der Waals surface area contributed by atoms with Crippen LogP contribution in [-0.4, -0.2) is 17.0 Å². The fourth-order valence-corrected chi connectivity index (χ4v) is 1.30. The van der Waals surface area contributed by atoms with Gasteiger partial charge in [0.05, 0.1) is 17.7 Å². The number of carbonyl (C=O) groups is 2. The van der Waals surface area contributed by atoms with E-state index in [-0.39, 0.29) is 0 Å². The second-order valence-electron chi connectivity index (χ2n) is 3.68. The van der Waals surface area contributed by atoms with Crippen LogP contribution in [0.3, 0.4) is 0 Å². The molecule has 2 N–H and O–H groups in total. The molecule has 0 aromatic heterocycles. The Hall–Kier alpha value is -2.31. The number of carboxylic acids is 1. The molecule has 0 heterocycles. The summed E-state index contributed by atoms with van der Waals surface area (Å²) in [5.74, 6) is -2.25. The molecule has 0 atom stereocenters. The van der Waals surface area contributed by atoms with Gasteiger partial charge in [-0.25, -0.2) is 4.79 Å². The molecule has 0 aliphatic carbocycles. The third kappa shape index (κ3) is 4.13. The summed E-state index contributed by atoms with van der Waals surface area (Å²) in [6.45, 7) is 3.12. The largest absolute Gasteiger partial charge is 0.478 e. The van der Waals surface area contributed by atoms with Gasteiger partial charge in [-0.2, -0.15) is 13.2 Å². The Balaban J connectivity index is 2.86. The number of amides is 1. The van der Waals surface area contributed by atoms with E-state index in [0.29, 0.717) is 0 Å². The van der Waals surface area contributed by atoms with Crippen molar-refractivity contribution in [2.75, 3.05) is 5.32 Å². The van der Waals surface area contributed by atoms with Gasteiger partial charge in [-0.15, -0.1) is 0 Å². The lowest BCUT2D eigenvalue weighted by Gasteiger charge is -2.13. The number of para-hydroxylation sites is 1. The van der Waals surface area contributed by atoms with Gasteiger partial charge < -0.3 is 10.4 Å². The predicted molar refractivity (Wildman–Crippen MR) is 61.5 cm³/mol. The van der Waals surface area contributed by atoms with Gasteiger partial charge in [0.1, 0.15) is 0 Å². The molecule has 1 amide bonds. The fraction of sp³-hybridized carbons (Fsp3) is 0.167. The maximum atomic E-state index is 12.6. The van der Waals surface area contributed by atoms with Crippen LogP contribution in [0.5, 0.6) is 0 Å². The molecular formula is C12H10F3NO3. The maximum Gasteiger partial charge on any atom is 0.418 e. The zero-order valence-corrected chi connectivity index (χ0v) is 9.62. The SMILES string of the molecule is C=C(CC(=O)Nc1ccccc1C(F)(F)F)C(=O)O. The molecule has 0 fully saturated rings. The van der Waals surface area contributed by atoms with E-state index in [1.165, 1.54) is 12.1 Å². The van der Waals surface area contributed by atoms with Gasteiger partial charge in [0, 0.05) is 5.57 Å². The van der Waals surface area contributed by atoms with Gasteiger partial charge in [-0.1, -0.05) is 18.7 Å². The molecule has 0 aliphatic rings. The summed E-state index contributed by atoms with van der Waals surface area (Å²) < 4.78 is 37.9. The van der Waals surface area contributed by atoms with Crippen molar-refractivity contribution in [1.82, 2.24) is 0 Å². The molecule has 0 bridgehead atoms. The average molecular weight is 273 g/mol. The number of hydrogen-bond acceptors (Lipinski definition) is 2. The van der Waals surface area contributed by atoms with Crippen molar-refractivity contribution < 1.29 is 27.9 Å². The summed E-state index contributed by atoms with van der Waals surface area (Å²) in [6.07, 6.45) is -5.19. The molecule has 1 aromatic carbocycles. The van der Waals surface area contributed by atoms with E-state index in [9.17, 15) is 22.8 Å². The van der Waals surface area contributed by atoms with E-state index in [2.05, 4.69) is 6.58 Å². The molecule has 4 nitrogen and oxygen atoms in total. The highest BCUT2D eigenvalue weighted by atomic mass is 19.4. The molecule has 1 rings (SSSR count). The van der Waals surface area contributed by atoms with Crippen LogP contribution < -0.4 is 5.32 Å². The number of halogens is 3. The van der Waals surface area contributed by atoms with E-state index < -0.39 is 41.3 Å². The van der Waals surface area contributed by atoms with Gasteiger partial charge in [-0.05, 0) is 12.1 Å². The summed E-state index contributed by atoms with van der Waals surface area (Å²) >= 11 is 0. The van der Waals surface area contributed by atoms with Crippen molar-refractivity contribution in [2.45, 2.75) is 12.6 Å². The highest BCUT2D eigenvalue weighted by Gasteiger charge is 2.33. The first-order valence-electron chi connectivity index (χ1n) is 5.09. The van der Waals surface area contributed by atoms with E-state index in [1.54, 1.807) is 0 Å². The smallest absolute Gasteiger partial charge is 0.418 e. The van der Waals surface area contributed by atoms with E-state index in [4.69, 9.17) is 5.11 Å². The zero-order valence-electron chi connectivity index (χ0n) is 9.62. The number of benzene rings is 1. The summed E-state index contributed by atoms with van der Waals surface area (Å²) in [4.78, 5) is 21.9. The van der Waals surface area contributed by atoms with Crippen LogP contribution in [0.25, 0.3) is 0 Å². The van der Waals surface area contributed by atoms with Gasteiger partial charge in [0.15, 0.2) is 0 Å². The van der Waals surface area contributed by atoms with Crippen molar-refractivity contribution in [3.63, 3.8) is 0 Å². The molecular weight excluding hydrogens is 263 g/mol. The lowest BCUT2D eigenvalue weighted by molar-refractivity contribution is -0.137. The average Bonchev–Trinajstić information content (AvgIpc) is 2.27. The number of carbonyl (C=O) groups excluding carboxylic acids is 1.